The van der Waals surface area contributed by atoms with Gasteiger partial charge in [-0.15, -0.1) is 0 Å². The van der Waals surface area contributed by atoms with E-state index in [1.165, 1.54) is 11.8 Å². The molecule has 0 aliphatic heterocycles. The lowest BCUT2D eigenvalue weighted by atomic mass is 10.2. The number of nitrogens with one attached hydrogen (secondary N) is 1. The van der Waals surface area contributed by atoms with Crippen molar-refractivity contribution >= 4 is 17.7 Å². The Bertz CT molecular complexity index is 906. The molecule has 140 valence electrons. The molecule has 0 aliphatic rings. The molecule has 0 fully saturated rings. The summed E-state index contributed by atoms with van der Waals surface area (Å²) in [6.07, 6.45) is 3.68. The minimum absolute atomic E-state index is 0.0184. The van der Waals surface area contributed by atoms with E-state index >= 15 is 0 Å². The lowest BCUT2D eigenvalue weighted by molar-refractivity contribution is -0.120. The Kier molecular flexibility index (Phi) is 6.19. The van der Waals surface area contributed by atoms with Crippen LogP contribution in [0.15, 0.2) is 66.1 Å². The number of carbonyl (C=O) groups excluding carboxylic acids is 1. The average Bonchev–Trinajstić information content (AvgIpc) is 3.14. The van der Waals surface area contributed by atoms with Crippen molar-refractivity contribution in [3.8, 4) is 11.4 Å². The van der Waals surface area contributed by atoms with E-state index in [0.29, 0.717) is 6.54 Å². The van der Waals surface area contributed by atoms with Crippen LogP contribution in [0.3, 0.4) is 0 Å². The number of thioether (sulfide) groups is 1. The normalized spacial score (nSPS) is 11.8. The Morgan fingerprint density at radius 2 is 1.96 bits per heavy atom. The average molecular weight is 382 g/mol. The summed E-state index contributed by atoms with van der Waals surface area (Å²) >= 11 is 1.45. The van der Waals surface area contributed by atoms with Crippen molar-refractivity contribution in [3.63, 3.8) is 0 Å². The van der Waals surface area contributed by atoms with Gasteiger partial charge in [-0.3, -0.25) is 9.36 Å². The van der Waals surface area contributed by atoms with E-state index in [-0.39, 0.29) is 11.2 Å². The fourth-order valence-electron chi connectivity index (χ4n) is 2.68. The van der Waals surface area contributed by atoms with Crippen LogP contribution in [0.5, 0.6) is 5.75 Å². The van der Waals surface area contributed by atoms with Gasteiger partial charge in [0.25, 0.3) is 0 Å². The molecule has 0 bridgehead atoms. The van der Waals surface area contributed by atoms with Gasteiger partial charge < -0.3 is 10.1 Å². The minimum atomic E-state index is -0.256. The van der Waals surface area contributed by atoms with Crippen molar-refractivity contribution in [2.75, 3.05) is 7.11 Å². The van der Waals surface area contributed by atoms with Gasteiger partial charge in [0.05, 0.1) is 18.0 Å². The summed E-state index contributed by atoms with van der Waals surface area (Å²) in [6.45, 7) is 4.44. The number of imidazole rings is 1. The molecule has 0 radical (unpaired) electrons. The summed E-state index contributed by atoms with van der Waals surface area (Å²) < 4.78 is 7.17. The first-order chi connectivity index (χ1) is 13.1. The number of hydrogen-bond acceptors (Lipinski definition) is 4. The lowest BCUT2D eigenvalue weighted by Crippen LogP contribution is -2.30. The lowest BCUT2D eigenvalue weighted by Gasteiger charge is -2.14. The Balaban J connectivity index is 1.62. The summed E-state index contributed by atoms with van der Waals surface area (Å²) in [5.74, 6) is 0.784. The van der Waals surface area contributed by atoms with Gasteiger partial charge >= 0.3 is 0 Å². The summed E-state index contributed by atoms with van der Waals surface area (Å²) in [5.41, 5.74) is 3.26. The summed E-state index contributed by atoms with van der Waals surface area (Å²) in [6, 6.07) is 15.8. The van der Waals surface area contributed by atoms with Crippen molar-refractivity contribution in [1.82, 2.24) is 14.9 Å². The number of nitrogens with zero attached hydrogens (tertiary/aromatic N) is 2. The topological polar surface area (TPSA) is 56.1 Å². The zero-order chi connectivity index (χ0) is 19.2. The smallest absolute Gasteiger partial charge is 0.233 e. The van der Waals surface area contributed by atoms with Gasteiger partial charge in [-0.2, -0.15) is 0 Å². The number of para-hydroxylation sites is 1. The standard InChI is InChI=1S/C21H23N3O2S/c1-15-6-4-5-7-19(15)24-13-12-22-21(24)27-16(2)20(25)23-14-17-8-10-18(26-3)11-9-17/h4-13,16H,14H2,1-3H3,(H,23,25). The molecule has 1 N–H and O–H groups in total. The van der Waals surface area contributed by atoms with Crippen molar-refractivity contribution in [2.24, 2.45) is 0 Å². The van der Waals surface area contributed by atoms with E-state index in [9.17, 15) is 4.79 Å². The van der Waals surface area contributed by atoms with Crippen LogP contribution in [0.2, 0.25) is 0 Å². The first-order valence-electron chi connectivity index (χ1n) is 8.75. The van der Waals surface area contributed by atoms with E-state index in [4.69, 9.17) is 4.74 Å². The number of aromatic nitrogens is 2. The molecule has 3 aromatic rings. The van der Waals surface area contributed by atoms with Crippen molar-refractivity contribution in [2.45, 2.75) is 30.8 Å². The molecule has 6 heteroatoms. The maximum absolute atomic E-state index is 12.5. The molecule has 1 unspecified atom stereocenters. The van der Waals surface area contributed by atoms with Crippen LogP contribution >= 0.6 is 11.8 Å². The fourth-order valence-corrected chi connectivity index (χ4v) is 3.58. The number of carbonyl (C=O) groups is 1. The molecule has 27 heavy (non-hydrogen) atoms. The monoisotopic (exact) mass is 381 g/mol. The zero-order valence-corrected chi connectivity index (χ0v) is 16.5. The molecule has 0 spiro atoms. The number of aryl methyl sites for hydroxylation is 1. The number of rotatable bonds is 7. The van der Waals surface area contributed by atoms with E-state index in [0.717, 1.165) is 27.7 Å². The van der Waals surface area contributed by atoms with E-state index in [2.05, 4.69) is 29.4 Å². The van der Waals surface area contributed by atoms with Crippen molar-refractivity contribution in [1.29, 1.82) is 0 Å². The van der Waals surface area contributed by atoms with Crippen LogP contribution in [0.4, 0.5) is 0 Å². The molecule has 5 nitrogen and oxygen atoms in total. The van der Waals surface area contributed by atoms with Crippen LogP contribution < -0.4 is 10.1 Å². The van der Waals surface area contributed by atoms with E-state index in [1.54, 1.807) is 13.3 Å². The number of hydrogen-bond donors (Lipinski definition) is 1. The molecule has 1 amide bonds. The Hall–Kier alpha value is -2.73. The summed E-state index contributed by atoms with van der Waals surface area (Å²) in [7, 11) is 1.64. The number of benzene rings is 2. The molecule has 1 atom stereocenters. The molecular formula is C21H23N3O2S. The van der Waals surface area contributed by atoms with Gasteiger partial charge in [0.1, 0.15) is 5.75 Å². The third-order valence-electron chi connectivity index (χ3n) is 4.26. The van der Waals surface area contributed by atoms with Crippen LogP contribution in [0.25, 0.3) is 5.69 Å². The highest BCUT2D eigenvalue weighted by atomic mass is 32.2. The van der Waals surface area contributed by atoms with Gasteiger partial charge in [0.2, 0.25) is 5.91 Å². The predicted octanol–water partition coefficient (Wildman–Crippen LogP) is 3.99. The van der Waals surface area contributed by atoms with Crippen LogP contribution in [0, 0.1) is 6.92 Å². The fraction of sp³-hybridized carbons (Fsp3) is 0.238. The van der Waals surface area contributed by atoms with Crippen LogP contribution in [-0.2, 0) is 11.3 Å². The van der Waals surface area contributed by atoms with Gasteiger partial charge in [0, 0.05) is 18.9 Å². The predicted molar refractivity (Wildman–Crippen MR) is 108 cm³/mol. The second-order valence-corrected chi connectivity index (χ2v) is 7.50. The maximum atomic E-state index is 12.5. The van der Waals surface area contributed by atoms with Crippen molar-refractivity contribution < 1.29 is 9.53 Å². The molecule has 0 saturated heterocycles. The van der Waals surface area contributed by atoms with Gasteiger partial charge in [-0.05, 0) is 43.2 Å². The van der Waals surface area contributed by atoms with Gasteiger partial charge in [-0.1, -0.05) is 42.1 Å². The Labute approximate surface area is 163 Å². The van der Waals surface area contributed by atoms with E-state index < -0.39 is 0 Å². The first kappa shape index (κ1) is 19.0. The number of ether oxygens (including phenoxy) is 1. The second-order valence-electron chi connectivity index (χ2n) is 6.19. The maximum Gasteiger partial charge on any atom is 0.233 e. The quantitative estimate of drug-likeness (QED) is 0.629. The first-order valence-corrected chi connectivity index (χ1v) is 9.63. The molecule has 3 rings (SSSR count). The highest BCUT2D eigenvalue weighted by molar-refractivity contribution is 8.00. The molecule has 0 aliphatic carbocycles. The summed E-state index contributed by atoms with van der Waals surface area (Å²) in [5, 5.41) is 3.53. The number of methoxy groups -OCH3 is 1. The molecule has 1 heterocycles. The Morgan fingerprint density at radius 3 is 2.67 bits per heavy atom. The SMILES string of the molecule is COc1ccc(CNC(=O)C(C)Sc2nccn2-c2ccccc2C)cc1. The minimum Gasteiger partial charge on any atom is -0.497 e. The third-order valence-corrected chi connectivity index (χ3v) is 5.34. The second kappa shape index (κ2) is 8.77. The molecule has 2 aromatic carbocycles. The molecule has 1 aromatic heterocycles. The number of amides is 1. The van der Waals surface area contributed by atoms with Gasteiger partial charge in [-0.25, -0.2) is 4.98 Å². The van der Waals surface area contributed by atoms with Crippen molar-refractivity contribution in [3.05, 3.63) is 72.1 Å². The summed E-state index contributed by atoms with van der Waals surface area (Å²) in [4.78, 5) is 16.9. The zero-order valence-electron chi connectivity index (χ0n) is 15.7. The third kappa shape index (κ3) is 4.71. The van der Waals surface area contributed by atoms with E-state index in [1.807, 2.05) is 54.1 Å². The molecule has 0 saturated carbocycles. The van der Waals surface area contributed by atoms with Crippen LogP contribution in [0.1, 0.15) is 18.1 Å². The van der Waals surface area contributed by atoms with Crippen LogP contribution in [-0.4, -0.2) is 27.8 Å². The highest BCUT2D eigenvalue weighted by Gasteiger charge is 2.18. The highest BCUT2D eigenvalue weighted by Crippen LogP contribution is 2.26. The molecular weight excluding hydrogens is 358 g/mol. The largest absolute Gasteiger partial charge is 0.497 e. The Morgan fingerprint density at radius 1 is 1.22 bits per heavy atom. The van der Waals surface area contributed by atoms with Gasteiger partial charge in [0.15, 0.2) is 5.16 Å².